The van der Waals surface area contributed by atoms with Crippen molar-refractivity contribution >= 4 is 56.0 Å². The van der Waals surface area contributed by atoms with E-state index in [-0.39, 0.29) is 11.0 Å². The van der Waals surface area contributed by atoms with E-state index in [0.29, 0.717) is 5.56 Å². The Labute approximate surface area is 186 Å². The van der Waals surface area contributed by atoms with Gasteiger partial charge in [-0.2, -0.15) is 9.61 Å². The Balaban J connectivity index is 1.28. The summed E-state index contributed by atoms with van der Waals surface area (Å²) in [7, 11) is 0. The van der Waals surface area contributed by atoms with Crippen LogP contribution in [-0.4, -0.2) is 30.8 Å². The number of hydrogen-bond donors (Lipinski definition) is 2. The molecule has 5 rings (SSSR count). The highest BCUT2D eigenvalue weighted by Gasteiger charge is 2.13. The van der Waals surface area contributed by atoms with Gasteiger partial charge >= 0.3 is 0 Å². The van der Waals surface area contributed by atoms with Crippen LogP contribution in [0, 0.1) is 6.92 Å². The molecule has 0 saturated heterocycles. The maximum Gasteiger partial charge on any atom is 0.258 e. The highest BCUT2D eigenvalue weighted by molar-refractivity contribution is 7.80. The molecule has 1 amide bonds. The van der Waals surface area contributed by atoms with Gasteiger partial charge in [-0.1, -0.05) is 47.7 Å². The van der Waals surface area contributed by atoms with Gasteiger partial charge in [0.2, 0.25) is 4.96 Å². The highest BCUT2D eigenvalue weighted by Crippen LogP contribution is 2.26. The predicted molar refractivity (Wildman–Crippen MR) is 126 cm³/mol. The molecule has 0 spiro atoms. The Bertz CT molecular complexity index is 1430. The Morgan fingerprint density at radius 2 is 1.77 bits per heavy atom. The monoisotopic (exact) mass is 444 g/mol. The van der Waals surface area contributed by atoms with Gasteiger partial charge in [0, 0.05) is 16.8 Å². The molecule has 152 valence electrons. The number of rotatable bonds is 3. The number of carbonyl (C=O) groups excluding carboxylic acids is 1. The molecule has 9 heteroatoms. The minimum absolute atomic E-state index is 0.236. The normalized spacial score (nSPS) is 11.0. The second kappa shape index (κ2) is 7.86. The number of nitrogens with zero attached hydrogens (tertiary/aromatic N) is 4. The Morgan fingerprint density at radius 3 is 2.58 bits per heavy atom. The van der Waals surface area contributed by atoms with Crippen LogP contribution in [0.2, 0.25) is 0 Å². The molecule has 0 fully saturated rings. The van der Waals surface area contributed by atoms with Crippen molar-refractivity contribution in [3.05, 3.63) is 78.1 Å². The summed E-state index contributed by atoms with van der Waals surface area (Å²) in [5.74, 6) is 0.504. The molecule has 2 aromatic heterocycles. The third-order valence-electron chi connectivity index (χ3n) is 4.80. The number of nitrogens with one attached hydrogen (secondary N) is 2. The predicted octanol–water partition coefficient (Wildman–Crippen LogP) is 4.44. The zero-order valence-corrected chi connectivity index (χ0v) is 18.0. The first-order valence-electron chi connectivity index (χ1n) is 9.48. The fraction of sp³-hybridized carbons (Fsp3) is 0.0455. The number of amides is 1. The first-order chi connectivity index (χ1) is 15.1. The lowest BCUT2D eigenvalue weighted by atomic mass is 10.0. The summed E-state index contributed by atoms with van der Waals surface area (Å²) in [6, 6.07) is 21.0. The van der Waals surface area contributed by atoms with Gasteiger partial charge in [0.05, 0.1) is 0 Å². The summed E-state index contributed by atoms with van der Waals surface area (Å²) in [5, 5.41) is 21.4. The number of hydrogen-bond acceptors (Lipinski definition) is 6. The summed E-state index contributed by atoms with van der Waals surface area (Å²) in [6.45, 7) is 1.87. The number of benzene rings is 3. The van der Waals surface area contributed by atoms with E-state index < -0.39 is 0 Å². The lowest BCUT2D eigenvalue weighted by molar-refractivity contribution is 0.0979. The van der Waals surface area contributed by atoms with Gasteiger partial charge in [0.1, 0.15) is 5.01 Å². The van der Waals surface area contributed by atoms with Gasteiger partial charge in [-0.05, 0) is 60.2 Å². The SMILES string of the molecule is Cc1nnc2sc(-c3ccc(NC(=S)NC(=O)c4cccc5ccccc45)cc3)nn12. The van der Waals surface area contributed by atoms with Crippen LogP contribution in [0.3, 0.4) is 0 Å². The van der Waals surface area contributed by atoms with Crippen LogP contribution in [0.1, 0.15) is 16.2 Å². The van der Waals surface area contributed by atoms with Crippen LogP contribution < -0.4 is 10.6 Å². The molecule has 0 unspecified atom stereocenters. The van der Waals surface area contributed by atoms with Crippen LogP contribution in [0.25, 0.3) is 26.3 Å². The maximum absolute atomic E-state index is 12.7. The van der Waals surface area contributed by atoms with Crippen molar-refractivity contribution in [2.24, 2.45) is 0 Å². The largest absolute Gasteiger partial charge is 0.332 e. The third-order valence-corrected chi connectivity index (χ3v) is 5.95. The second-order valence-corrected chi connectivity index (χ2v) is 8.23. The number of fused-ring (bicyclic) bond motifs is 2. The van der Waals surface area contributed by atoms with Crippen LogP contribution >= 0.6 is 23.6 Å². The third kappa shape index (κ3) is 3.76. The van der Waals surface area contributed by atoms with Gasteiger partial charge in [0.25, 0.3) is 5.91 Å². The second-order valence-electron chi connectivity index (χ2n) is 6.86. The van der Waals surface area contributed by atoms with Gasteiger partial charge in [-0.25, -0.2) is 0 Å². The molecule has 3 aromatic carbocycles. The lowest BCUT2D eigenvalue weighted by Gasteiger charge is -2.11. The maximum atomic E-state index is 12.7. The van der Waals surface area contributed by atoms with Crippen LogP contribution in [0.5, 0.6) is 0 Å². The quantitative estimate of drug-likeness (QED) is 0.400. The van der Waals surface area contributed by atoms with Crippen molar-refractivity contribution in [3.63, 3.8) is 0 Å². The fourth-order valence-corrected chi connectivity index (χ4v) is 4.38. The molecular formula is C22H16N6OS2. The molecule has 0 bridgehead atoms. The summed E-state index contributed by atoms with van der Waals surface area (Å²) in [6.07, 6.45) is 0. The average Bonchev–Trinajstić information content (AvgIpc) is 3.36. The molecule has 0 aliphatic carbocycles. The molecule has 2 heterocycles. The van der Waals surface area contributed by atoms with Crippen LogP contribution in [-0.2, 0) is 0 Å². The van der Waals surface area contributed by atoms with E-state index in [1.807, 2.05) is 67.6 Å². The van der Waals surface area contributed by atoms with E-state index in [2.05, 4.69) is 25.9 Å². The lowest BCUT2D eigenvalue weighted by Crippen LogP contribution is -2.34. The van der Waals surface area contributed by atoms with Crippen molar-refractivity contribution in [3.8, 4) is 10.6 Å². The van der Waals surface area contributed by atoms with E-state index in [4.69, 9.17) is 12.2 Å². The van der Waals surface area contributed by atoms with Gasteiger partial charge in [-0.3, -0.25) is 10.1 Å². The number of aryl methyl sites for hydroxylation is 1. The van der Waals surface area contributed by atoms with E-state index >= 15 is 0 Å². The standard InChI is InChI=1S/C22H16N6OS2/c1-13-25-26-22-28(13)27-20(31-22)15-9-11-16(12-10-15)23-21(30)24-19(29)18-8-4-6-14-5-2-3-7-17(14)18/h2-12H,1H3,(H2,23,24,29,30). The molecule has 0 aliphatic rings. The van der Waals surface area contributed by atoms with Crippen molar-refractivity contribution in [1.29, 1.82) is 0 Å². The minimum atomic E-state index is -0.249. The van der Waals surface area contributed by atoms with E-state index in [9.17, 15) is 4.79 Å². The molecule has 5 aromatic rings. The molecule has 7 nitrogen and oxygen atoms in total. The number of carbonyl (C=O) groups is 1. The molecule has 0 radical (unpaired) electrons. The highest BCUT2D eigenvalue weighted by atomic mass is 32.1. The van der Waals surface area contributed by atoms with Gasteiger partial charge < -0.3 is 5.32 Å². The Kier molecular flexibility index (Phi) is 4.89. The van der Waals surface area contributed by atoms with E-state index in [0.717, 1.165) is 37.8 Å². The van der Waals surface area contributed by atoms with Gasteiger partial charge in [-0.15, -0.1) is 10.2 Å². The molecule has 0 atom stereocenters. The zero-order valence-electron chi connectivity index (χ0n) is 16.4. The van der Waals surface area contributed by atoms with Crippen LogP contribution in [0.4, 0.5) is 5.69 Å². The van der Waals surface area contributed by atoms with Crippen molar-refractivity contribution in [2.45, 2.75) is 6.92 Å². The van der Waals surface area contributed by atoms with Crippen molar-refractivity contribution in [2.75, 3.05) is 5.32 Å². The molecule has 0 aliphatic heterocycles. The first kappa shape index (κ1) is 19.3. The van der Waals surface area contributed by atoms with Crippen LogP contribution in [0.15, 0.2) is 66.7 Å². The Hall–Kier alpha value is -3.69. The summed E-state index contributed by atoms with van der Waals surface area (Å²) < 4.78 is 1.73. The molecule has 0 saturated carbocycles. The summed E-state index contributed by atoms with van der Waals surface area (Å²) in [4.78, 5) is 13.5. The van der Waals surface area contributed by atoms with Crippen molar-refractivity contribution < 1.29 is 4.79 Å². The topological polar surface area (TPSA) is 84.2 Å². The molecule has 31 heavy (non-hydrogen) atoms. The first-order valence-corrected chi connectivity index (χ1v) is 10.7. The van der Waals surface area contributed by atoms with E-state index in [1.54, 1.807) is 10.6 Å². The van der Waals surface area contributed by atoms with E-state index in [1.165, 1.54) is 11.3 Å². The Morgan fingerprint density at radius 1 is 1.00 bits per heavy atom. The zero-order chi connectivity index (χ0) is 21.4. The number of anilines is 1. The molecular weight excluding hydrogens is 428 g/mol. The van der Waals surface area contributed by atoms with Crippen molar-refractivity contribution in [1.82, 2.24) is 25.1 Å². The number of thiocarbonyl (C=S) groups is 1. The average molecular weight is 445 g/mol. The summed E-state index contributed by atoms with van der Waals surface area (Å²) in [5.41, 5.74) is 2.31. The molecule has 2 N–H and O–H groups in total. The van der Waals surface area contributed by atoms with Gasteiger partial charge in [0.15, 0.2) is 10.9 Å². The smallest absolute Gasteiger partial charge is 0.258 e. The minimum Gasteiger partial charge on any atom is -0.332 e. The summed E-state index contributed by atoms with van der Waals surface area (Å²) >= 11 is 6.81. The fourth-order valence-electron chi connectivity index (χ4n) is 3.28. The number of aromatic nitrogens is 4.